The largest absolute Gasteiger partial charge is 0.461 e. The first-order chi connectivity index (χ1) is 13.7. The second kappa shape index (κ2) is 8.40. The topological polar surface area (TPSA) is 58.4 Å². The summed E-state index contributed by atoms with van der Waals surface area (Å²) in [5.41, 5.74) is 3.49. The van der Waals surface area contributed by atoms with Gasteiger partial charge in [0, 0.05) is 50.1 Å². The number of pyridine rings is 1. The van der Waals surface area contributed by atoms with Gasteiger partial charge in [0.05, 0.1) is 0 Å². The van der Waals surface area contributed by atoms with Gasteiger partial charge >= 0.3 is 0 Å². The van der Waals surface area contributed by atoms with Crippen LogP contribution < -0.4 is 5.32 Å². The van der Waals surface area contributed by atoms with Crippen LogP contribution in [0.4, 0.5) is 0 Å². The Hall–Kier alpha value is -2.92. The number of carbonyl (C=O) groups is 1. The molecule has 0 aliphatic carbocycles. The summed E-state index contributed by atoms with van der Waals surface area (Å²) >= 11 is 0. The first-order valence-corrected chi connectivity index (χ1v) is 9.73. The van der Waals surface area contributed by atoms with E-state index in [0.717, 1.165) is 48.7 Å². The summed E-state index contributed by atoms with van der Waals surface area (Å²) in [5.74, 6) is 1.95. The predicted molar refractivity (Wildman–Crippen MR) is 108 cm³/mol. The zero-order chi connectivity index (χ0) is 19.3. The zero-order valence-electron chi connectivity index (χ0n) is 16.1. The molecule has 144 valence electrons. The van der Waals surface area contributed by atoms with Crippen LogP contribution in [0.1, 0.15) is 29.7 Å². The number of aromatic nitrogens is 1. The lowest BCUT2D eigenvalue weighted by Gasteiger charge is -2.26. The molecule has 1 saturated heterocycles. The first-order valence-electron chi connectivity index (χ1n) is 9.73. The Labute approximate surface area is 165 Å². The summed E-state index contributed by atoms with van der Waals surface area (Å²) in [6.45, 7) is 4.33. The van der Waals surface area contributed by atoms with Crippen molar-refractivity contribution >= 4 is 5.91 Å². The molecule has 1 fully saturated rings. The molecule has 0 saturated carbocycles. The second-order valence-electron chi connectivity index (χ2n) is 7.40. The molecule has 5 heteroatoms. The van der Waals surface area contributed by atoms with E-state index in [1.54, 1.807) is 6.20 Å². The molecule has 1 unspecified atom stereocenters. The maximum absolute atomic E-state index is 11.6. The Balaban J connectivity index is 1.57. The van der Waals surface area contributed by atoms with E-state index in [2.05, 4.69) is 39.5 Å². The third-order valence-electron chi connectivity index (χ3n) is 5.11. The van der Waals surface area contributed by atoms with Gasteiger partial charge in [-0.15, -0.1) is 0 Å². The second-order valence-corrected chi connectivity index (χ2v) is 7.40. The third kappa shape index (κ3) is 4.49. The van der Waals surface area contributed by atoms with Gasteiger partial charge in [0.1, 0.15) is 11.5 Å². The molecule has 0 spiro atoms. The highest BCUT2D eigenvalue weighted by molar-refractivity contribution is 5.78. The van der Waals surface area contributed by atoms with Crippen LogP contribution in [0, 0.1) is 6.92 Å². The smallest absolute Gasteiger partial charge is 0.220 e. The standard InChI is InChI=1S/C23H25N3O2/c1-17-8-10-22(28-17)21-7-3-2-6-19(21)15-26(14-18-5-4-12-24-13-18)16-20-9-11-23(27)25-20/h2-8,10,12-13,20H,9,11,14-16H2,1H3,(H,25,27). The molecule has 28 heavy (non-hydrogen) atoms. The molecule has 1 aromatic carbocycles. The molecule has 2 aromatic heterocycles. The van der Waals surface area contributed by atoms with Crippen LogP contribution in [0.25, 0.3) is 11.3 Å². The predicted octanol–water partition coefficient (Wildman–Crippen LogP) is 3.93. The van der Waals surface area contributed by atoms with Crippen LogP contribution in [-0.4, -0.2) is 28.4 Å². The highest BCUT2D eigenvalue weighted by atomic mass is 16.3. The van der Waals surface area contributed by atoms with Crippen molar-refractivity contribution in [3.63, 3.8) is 0 Å². The molecule has 3 heterocycles. The summed E-state index contributed by atoms with van der Waals surface area (Å²) in [5, 5.41) is 3.09. The minimum absolute atomic E-state index is 0.151. The van der Waals surface area contributed by atoms with E-state index in [-0.39, 0.29) is 11.9 Å². The number of hydrogen-bond acceptors (Lipinski definition) is 4. The van der Waals surface area contributed by atoms with Crippen molar-refractivity contribution in [1.29, 1.82) is 0 Å². The summed E-state index contributed by atoms with van der Waals surface area (Å²) < 4.78 is 5.87. The Kier molecular flexibility index (Phi) is 5.53. The molecule has 1 N–H and O–H groups in total. The van der Waals surface area contributed by atoms with Crippen molar-refractivity contribution in [2.75, 3.05) is 6.54 Å². The average molecular weight is 375 g/mol. The van der Waals surface area contributed by atoms with E-state index in [0.29, 0.717) is 6.42 Å². The molecule has 1 aliphatic heterocycles. The zero-order valence-corrected chi connectivity index (χ0v) is 16.1. The minimum Gasteiger partial charge on any atom is -0.461 e. The number of benzene rings is 1. The van der Waals surface area contributed by atoms with Gasteiger partial charge in [0.2, 0.25) is 5.91 Å². The Morgan fingerprint density at radius 1 is 1.14 bits per heavy atom. The molecule has 1 amide bonds. The van der Waals surface area contributed by atoms with Gasteiger partial charge in [0.25, 0.3) is 0 Å². The van der Waals surface area contributed by atoms with Gasteiger partial charge in [-0.05, 0) is 42.7 Å². The molecule has 0 radical (unpaired) electrons. The fourth-order valence-electron chi connectivity index (χ4n) is 3.78. The van der Waals surface area contributed by atoms with Gasteiger partial charge in [-0.25, -0.2) is 0 Å². The van der Waals surface area contributed by atoms with E-state index < -0.39 is 0 Å². The highest BCUT2D eigenvalue weighted by Gasteiger charge is 2.24. The van der Waals surface area contributed by atoms with Crippen LogP contribution in [0.2, 0.25) is 0 Å². The number of nitrogens with zero attached hydrogens (tertiary/aromatic N) is 2. The van der Waals surface area contributed by atoms with Crippen molar-refractivity contribution < 1.29 is 9.21 Å². The summed E-state index contributed by atoms with van der Waals surface area (Å²) in [4.78, 5) is 18.3. The van der Waals surface area contributed by atoms with Crippen LogP contribution in [0.3, 0.4) is 0 Å². The number of furan rings is 1. The fourth-order valence-corrected chi connectivity index (χ4v) is 3.78. The number of nitrogens with one attached hydrogen (secondary N) is 1. The van der Waals surface area contributed by atoms with Gasteiger partial charge in [-0.1, -0.05) is 30.3 Å². The SMILES string of the molecule is Cc1ccc(-c2ccccc2CN(Cc2cccnc2)CC2CCC(=O)N2)o1. The Morgan fingerprint density at radius 2 is 2.04 bits per heavy atom. The van der Waals surface area contributed by atoms with Crippen molar-refractivity contribution in [3.8, 4) is 11.3 Å². The van der Waals surface area contributed by atoms with E-state index in [4.69, 9.17) is 4.42 Å². The maximum atomic E-state index is 11.6. The monoisotopic (exact) mass is 375 g/mol. The average Bonchev–Trinajstić information content (AvgIpc) is 3.31. The fraction of sp³-hybridized carbons (Fsp3) is 0.304. The molecule has 1 aliphatic rings. The number of carbonyl (C=O) groups excluding carboxylic acids is 1. The lowest BCUT2D eigenvalue weighted by atomic mass is 10.0. The molecule has 3 aromatic rings. The molecule has 4 rings (SSSR count). The van der Waals surface area contributed by atoms with E-state index in [9.17, 15) is 4.79 Å². The quantitative estimate of drug-likeness (QED) is 0.680. The highest BCUT2D eigenvalue weighted by Crippen LogP contribution is 2.27. The Morgan fingerprint density at radius 3 is 2.75 bits per heavy atom. The first kappa shape index (κ1) is 18.4. The Bertz CT molecular complexity index is 936. The number of rotatable bonds is 7. The van der Waals surface area contributed by atoms with Gasteiger partial charge < -0.3 is 9.73 Å². The van der Waals surface area contributed by atoms with Gasteiger partial charge in [0.15, 0.2) is 0 Å². The van der Waals surface area contributed by atoms with Crippen molar-refractivity contribution in [1.82, 2.24) is 15.2 Å². The normalized spacial score (nSPS) is 16.5. The van der Waals surface area contributed by atoms with E-state index in [1.165, 1.54) is 5.56 Å². The summed E-state index contributed by atoms with van der Waals surface area (Å²) in [6.07, 6.45) is 5.21. The molecule has 1 atom stereocenters. The van der Waals surface area contributed by atoms with Crippen LogP contribution in [-0.2, 0) is 17.9 Å². The number of hydrogen-bond donors (Lipinski definition) is 1. The van der Waals surface area contributed by atoms with Crippen molar-refractivity contribution in [2.24, 2.45) is 0 Å². The van der Waals surface area contributed by atoms with Crippen molar-refractivity contribution in [3.05, 3.63) is 77.8 Å². The van der Waals surface area contributed by atoms with Crippen LogP contribution >= 0.6 is 0 Å². The van der Waals surface area contributed by atoms with E-state index in [1.807, 2.05) is 37.4 Å². The van der Waals surface area contributed by atoms with Crippen LogP contribution in [0.5, 0.6) is 0 Å². The lowest BCUT2D eigenvalue weighted by Crippen LogP contribution is -2.38. The summed E-state index contributed by atoms with van der Waals surface area (Å²) in [6, 6.07) is 16.6. The van der Waals surface area contributed by atoms with Gasteiger partial charge in [-0.3, -0.25) is 14.7 Å². The third-order valence-corrected chi connectivity index (χ3v) is 5.11. The summed E-state index contributed by atoms with van der Waals surface area (Å²) in [7, 11) is 0. The van der Waals surface area contributed by atoms with Crippen molar-refractivity contribution in [2.45, 2.75) is 38.9 Å². The maximum Gasteiger partial charge on any atom is 0.220 e. The molecule has 5 nitrogen and oxygen atoms in total. The molecular formula is C23H25N3O2. The number of amides is 1. The molecular weight excluding hydrogens is 350 g/mol. The van der Waals surface area contributed by atoms with E-state index >= 15 is 0 Å². The van der Waals surface area contributed by atoms with Crippen LogP contribution in [0.15, 0.2) is 65.3 Å². The number of aryl methyl sites for hydroxylation is 1. The molecule has 0 bridgehead atoms. The van der Waals surface area contributed by atoms with Gasteiger partial charge in [-0.2, -0.15) is 0 Å². The minimum atomic E-state index is 0.151. The lowest BCUT2D eigenvalue weighted by molar-refractivity contribution is -0.119.